The van der Waals surface area contributed by atoms with Crippen molar-refractivity contribution in [1.82, 2.24) is 4.90 Å². The van der Waals surface area contributed by atoms with Gasteiger partial charge >= 0.3 is 6.03 Å². The fraction of sp³-hybridized carbons (Fsp3) is 0.500. The molecule has 0 aromatic heterocycles. The lowest BCUT2D eigenvalue weighted by atomic mass is 9.83. The van der Waals surface area contributed by atoms with E-state index in [2.05, 4.69) is 19.2 Å². The van der Waals surface area contributed by atoms with Gasteiger partial charge in [0.2, 0.25) is 0 Å². The second kappa shape index (κ2) is 5.65. The molecule has 4 nitrogen and oxygen atoms in total. The molecule has 0 aliphatic carbocycles. The summed E-state index contributed by atoms with van der Waals surface area (Å²) in [5.41, 5.74) is 1.61. The van der Waals surface area contributed by atoms with Crippen LogP contribution in [0.25, 0.3) is 0 Å². The number of nitrogens with zero attached hydrogens (tertiary/aromatic N) is 1. The molecule has 20 heavy (non-hydrogen) atoms. The van der Waals surface area contributed by atoms with Crippen molar-refractivity contribution in [1.29, 1.82) is 0 Å². The summed E-state index contributed by atoms with van der Waals surface area (Å²) in [5, 5.41) is 2.87. The molecule has 0 radical (unpaired) electrons. The molecular weight excluding hydrogens is 252 g/mol. The zero-order valence-corrected chi connectivity index (χ0v) is 12.4. The van der Waals surface area contributed by atoms with Gasteiger partial charge in [-0.25, -0.2) is 4.79 Å². The van der Waals surface area contributed by atoms with Gasteiger partial charge in [-0.15, -0.1) is 0 Å². The van der Waals surface area contributed by atoms with Gasteiger partial charge in [-0.2, -0.15) is 0 Å². The average molecular weight is 274 g/mol. The standard InChI is InChI=1S/C16H22N2O2/c1-12(19)13-5-4-6-14(11-13)17-15(20)18-9-7-16(2,3)8-10-18/h4-6,11H,7-10H2,1-3H3,(H,17,20). The smallest absolute Gasteiger partial charge is 0.321 e. The number of urea groups is 1. The van der Waals surface area contributed by atoms with Gasteiger partial charge in [-0.3, -0.25) is 4.79 Å². The van der Waals surface area contributed by atoms with E-state index >= 15 is 0 Å². The number of piperidine rings is 1. The van der Waals surface area contributed by atoms with Gasteiger partial charge in [-0.1, -0.05) is 26.0 Å². The number of ketones is 1. The summed E-state index contributed by atoms with van der Waals surface area (Å²) in [7, 11) is 0. The number of anilines is 1. The number of benzene rings is 1. The van der Waals surface area contributed by atoms with E-state index in [1.807, 2.05) is 4.90 Å². The van der Waals surface area contributed by atoms with Crippen molar-refractivity contribution in [3.63, 3.8) is 0 Å². The molecule has 1 fully saturated rings. The number of carbonyl (C=O) groups excluding carboxylic acids is 2. The molecule has 2 rings (SSSR count). The van der Waals surface area contributed by atoms with Crippen LogP contribution in [0.5, 0.6) is 0 Å². The van der Waals surface area contributed by atoms with Crippen molar-refractivity contribution in [3.8, 4) is 0 Å². The first-order valence-electron chi connectivity index (χ1n) is 7.04. The second-order valence-corrected chi connectivity index (χ2v) is 6.22. The number of amides is 2. The maximum Gasteiger partial charge on any atom is 0.321 e. The number of Topliss-reactive ketones (excluding diaryl/α,β-unsaturated/α-hetero) is 1. The number of rotatable bonds is 2. The molecule has 4 heteroatoms. The minimum Gasteiger partial charge on any atom is -0.324 e. The van der Waals surface area contributed by atoms with Gasteiger partial charge < -0.3 is 10.2 Å². The number of nitrogens with one attached hydrogen (secondary N) is 1. The molecule has 1 aliphatic rings. The maximum absolute atomic E-state index is 12.2. The van der Waals surface area contributed by atoms with Gasteiger partial charge in [-0.05, 0) is 37.3 Å². The Balaban J connectivity index is 1.98. The van der Waals surface area contributed by atoms with Crippen LogP contribution < -0.4 is 5.32 Å². The Hall–Kier alpha value is -1.84. The third-order valence-electron chi connectivity index (χ3n) is 3.92. The highest BCUT2D eigenvalue weighted by molar-refractivity contribution is 5.96. The quantitative estimate of drug-likeness (QED) is 0.838. The van der Waals surface area contributed by atoms with E-state index in [9.17, 15) is 9.59 Å². The Morgan fingerprint density at radius 1 is 1.20 bits per heavy atom. The summed E-state index contributed by atoms with van der Waals surface area (Å²) in [6.45, 7) is 7.56. The highest BCUT2D eigenvalue weighted by Crippen LogP contribution is 2.29. The molecular formula is C16H22N2O2. The lowest BCUT2D eigenvalue weighted by Crippen LogP contribution is -2.43. The van der Waals surface area contributed by atoms with Crippen molar-refractivity contribution in [3.05, 3.63) is 29.8 Å². The first-order chi connectivity index (χ1) is 9.37. The Bertz CT molecular complexity index is 513. The van der Waals surface area contributed by atoms with Crippen LogP contribution >= 0.6 is 0 Å². The van der Waals surface area contributed by atoms with E-state index in [0.29, 0.717) is 16.7 Å². The van der Waals surface area contributed by atoms with E-state index in [-0.39, 0.29) is 11.8 Å². The molecule has 0 unspecified atom stereocenters. The van der Waals surface area contributed by atoms with Crippen molar-refractivity contribution >= 4 is 17.5 Å². The summed E-state index contributed by atoms with van der Waals surface area (Å²) < 4.78 is 0. The molecule has 0 bridgehead atoms. The molecule has 108 valence electrons. The zero-order chi connectivity index (χ0) is 14.8. The second-order valence-electron chi connectivity index (χ2n) is 6.22. The molecule has 0 atom stereocenters. The van der Waals surface area contributed by atoms with Crippen molar-refractivity contribution in [2.45, 2.75) is 33.6 Å². The third kappa shape index (κ3) is 3.59. The van der Waals surface area contributed by atoms with Gasteiger partial charge in [0.1, 0.15) is 0 Å². The summed E-state index contributed by atoms with van der Waals surface area (Å²) in [6.07, 6.45) is 2.04. The molecule has 0 spiro atoms. The molecule has 1 aromatic carbocycles. The predicted octanol–water partition coefficient (Wildman–Crippen LogP) is 3.54. The number of carbonyl (C=O) groups is 2. The molecule has 1 aromatic rings. The SMILES string of the molecule is CC(=O)c1cccc(NC(=O)N2CCC(C)(C)CC2)c1. The van der Waals surface area contributed by atoms with E-state index in [0.717, 1.165) is 25.9 Å². The number of hydrogen-bond donors (Lipinski definition) is 1. The molecule has 1 saturated heterocycles. The van der Waals surface area contributed by atoms with Crippen molar-refractivity contribution < 1.29 is 9.59 Å². The van der Waals surface area contributed by atoms with Gasteiger partial charge in [0.15, 0.2) is 5.78 Å². The normalized spacial score (nSPS) is 17.6. The van der Waals surface area contributed by atoms with Crippen LogP contribution in [0, 0.1) is 5.41 Å². The molecule has 1 aliphatic heterocycles. The van der Waals surface area contributed by atoms with Crippen LogP contribution in [0.15, 0.2) is 24.3 Å². The van der Waals surface area contributed by atoms with Crippen LogP contribution in [0.2, 0.25) is 0 Å². The Kier molecular flexibility index (Phi) is 4.12. The first-order valence-corrected chi connectivity index (χ1v) is 7.04. The minimum absolute atomic E-state index is 0.000760. The first kappa shape index (κ1) is 14.6. The predicted molar refractivity (Wildman–Crippen MR) is 80.1 cm³/mol. The number of likely N-dealkylation sites (tertiary alicyclic amines) is 1. The Labute approximate surface area is 120 Å². The summed E-state index contributed by atoms with van der Waals surface area (Å²) in [4.78, 5) is 25.4. The van der Waals surface area contributed by atoms with Crippen LogP contribution in [-0.2, 0) is 0 Å². The van der Waals surface area contributed by atoms with Crippen LogP contribution in [0.4, 0.5) is 10.5 Å². The number of hydrogen-bond acceptors (Lipinski definition) is 2. The van der Waals surface area contributed by atoms with E-state index in [4.69, 9.17) is 0 Å². The molecule has 1 N–H and O–H groups in total. The van der Waals surface area contributed by atoms with Crippen LogP contribution in [0.1, 0.15) is 44.0 Å². The minimum atomic E-state index is -0.0822. The van der Waals surface area contributed by atoms with Gasteiger partial charge in [0.05, 0.1) is 0 Å². The fourth-order valence-electron chi connectivity index (χ4n) is 2.33. The summed E-state index contributed by atoms with van der Waals surface area (Å²) >= 11 is 0. The van der Waals surface area contributed by atoms with Gasteiger partial charge in [0, 0.05) is 24.3 Å². The summed E-state index contributed by atoms with van der Waals surface area (Å²) in [5.74, 6) is 0.000760. The topological polar surface area (TPSA) is 49.4 Å². The third-order valence-corrected chi connectivity index (χ3v) is 3.92. The monoisotopic (exact) mass is 274 g/mol. The lowest BCUT2D eigenvalue weighted by molar-refractivity contribution is 0.101. The largest absolute Gasteiger partial charge is 0.324 e. The van der Waals surface area contributed by atoms with Crippen molar-refractivity contribution in [2.24, 2.45) is 5.41 Å². The van der Waals surface area contributed by atoms with E-state index < -0.39 is 0 Å². The molecule has 1 heterocycles. The molecule has 0 saturated carbocycles. The summed E-state index contributed by atoms with van der Waals surface area (Å²) in [6, 6.07) is 6.97. The highest BCUT2D eigenvalue weighted by atomic mass is 16.2. The maximum atomic E-state index is 12.2. The van der Waals surface area contributed by atoms with Crippen LogP contribution in [-0.4, -0.2) is 29.8 Å². The van der Waals surface area contributed by atoms with Crippen molar-refractivity contribution in [2.75, 3.05) is 18.4 Å². The zero-order valence-electron chi connectivity index (χ0n) is 12.4. The molecule has 2 amide bonds. The fourth-order valence-corrected chi connectivity index (χ4v) is 2.33. The van der Waals surface area contributed by atoms with E-state index in [1.54, 1.807) is 24.3 Å². The Morgan fingerprint density at radius 3 is 2.45 bits per heavy atom. The van der Waals surface area contributed by atoms with Gasteiger partial charge in [0.25, 0.3) is 0 Å². The lowest BCUT2D eigenvalue weighted by Gasteiger charge is -2.36. The highest BCUT2D eigenvalue weighted by Gasteiger charge is 2.27. The van der Waals surface area contributed by atoms with E-state index in [1.165, 1.54) is 6.92 Å². The van der Waals surface area contributed by atoms with Crippen LogP contribution in [0.3, 0.4) is 0 Å². The average Bonchev–Trinajstić information content (AvgIpc) is 2.38. The Morgan fingerprint density at radius 2 is 1.85 bits per heavy atom.